The van der Waals surface area contributed by atoms with Crippen LogP contribution in [0.25, 0.3) is 0 Å². The zero-order valence-electron chi connectivity index (χ0n) is 15.5. The standard InChI is InChI=1S/C19H19F3N4O2/c1-18(2,3)12-26(16-9-5-7-14(11-23)24-16)25-17(27)13-6-4-8-15(10-13)28-19(20,21)22/h4-10H,12H2,1-3H3,(H,25,27). The normalized spacial score (nSPS) is 11.5. The van der Waals surface area contributed by atoms with E-state index >= 15 is 0 Å². The number of benzene rings is 1. The second-order valence-electron chi connectivity index (χ2n) is 7.16. The Labute approximate surface area is 160 Å². The quantitative estimate of drug-likeness (QED) is 0.777. The molecule has 0 unspecified atom stereocenters. The van der Waals surface area contributed by atoms with E-state index in [1.54, 1.807) is 12.1 Å². The molecule has 0 aliphatic carbocycles. The van der Waals surface area contributed by atoms with Crippen LogP contribution in [-0.2, 0) is 0 Å². The van der Waals surface area contributed by atoms with Crippen LogP contribution in [0.1, 0.15) is 36.8 Å². The molecule has 0 atom stereocenters. The lowest BCUT2D eigenvalue weighted by Crippen LogP contribution is -2.47. The third kappa shape index (κ3) is 6.46. The maximum Gasteiger partial charge on any atom is 0.573 e. The Hall–Kier alpha value is -3.28. The van der Waals surface area contributed by atoms with Gasteiger partial charge in [-0.1, -0.05) is 32.9 Å². The highest BCUT2D eigenvalue weighted by atomic mass is 19.4. The molecule has 2 aromatic rings. The van der Waals surface area contributed by atoms with E-state index < -0.39 is 18.0 Å². The third-order valence-electron chi connectivity index (χ3n) is 3.32. The minimum Gasteiger partial charge on any atom is -0.406 e. The number of hydrazine groups is 1. The van der Waals surface area contributed by atoms with Crippen LogP contribution >= 0.6 is 0 Å². The number of nitrogens with one attached hydrogen (secondary N) is 1. The van der Waals surface area contributed by atoms with Crippen LogP contribution in [0.15, 0.2) is 42.5 Å². The van der Waals surface area contributed by atoms with Crippen LogP contribution in [0.5, 0.6) is 5.75 Å². The van der Waals surface area contributed by atoms with Gasteiger partial charge in [0, 0.05) is 12.1 Å². The number of carbonyl (C=O) groups excluding carboxylic acids is 1. The molecule has 1 aromatic heterocycles. The van der Waals surface area contributed by atoms with E-state index in [0.717, 1.165) is 12.1 Å². The van der Waals surface area contributed by atoms with E-state index in [1.165, 1.54) is 23.2 Å². The molecule has 0 bridgehead atoms. The van der Waals surface area contributed by atoms with Crippen molar-refractivity contribution >= 4 is 11.7 Å². The minimum atomic E-state index is -4.85. The summed E-state index contributed by atoms with van der Waals surface area (Å²) in [7, 11) is 0. The van der Waals surface area contributed by atoms with Crippen LogP contribution in [0.3, 0.4) is 0 Å². The number of hydrogen-bond donors (Lipinski definition) is 1. The maximum absolute atomic E-state index is 12.6. The van der Waals surface area contributed by atoms with Gasteiger partial charge in [-0.05, 0) is 35.7 Å². The Kier molecular flexibility index (Phi) is 6.13. The summed E-state index contributed by atoms with van der Waals surface area (Å²) in [4.78, 5) is 16.8. The first-order valence-electron chi connectivity index (χ1n) is 8.28. The fourth-order valence-corrected chi connectivity index (χ4v) is 2.31. The molecule has 2 rings (SSSR count). The average Bonchev–Trinajstić information content (AvgIpc) is 2.59. The van der Waals surface area contributed by atoms with Gasteiger partial charge in [0.1, 0.15) is 23.3 Å². The molecule has 0 aliphatic rings. The van der Waals surface area contributed by atoms with Crippen molar-refractivity contribution in [2.75, 3.05) is 11.6 Å². The van der Waals surface area contributed by atoms with Crippen LogP contribution in [-0.4, -0.2) is 23.8 Å². The molecule has 1 heterocycles. The number of alkyl halides is 3. The summed E-state index contributed by atoms with van der Waals surface area (Å²) in [6.45, 7) is 6.17. The molecule has 9 heteroatoms. The second kappa shape index (κ2) is 8.17. The first-order valence-corrected chi connectivity index (χ1v) is 8.28. The highest BCUT2D eigenvalue weighted by molar-refractivity contribution is 5.95. The van der Waals surface area contributed by atoms with Crippen molar-refractivity contribution in [2.24, 2.45) is 5.41 Å². The number of carbonyl (C=O) groups is 1. The molecule has 1 aromatic carbocycles. The van der Waals surface area contributed by atoms with E-state index in [9.17, 15) is 18.0 Å². The number of nitriles is 1. The fraction of sp³-hybridized carbons (Fsp3) is 0.316. The molecule has 0 radical (unpaired) electrons. The molecule has 6 nitrogen and oxygen atoms in total. The van der Waals surface area contributed by atoms with Crippen molar-refractivity contribution < 1.29 is 22.7 Å². The van der Waals surface area contributed by atoms with E-state index in [-0.39, 0.29) is 16.7 Å². The molecule has 0 aliphatic heterocycles. The number of nitrogens with zero attached hydrogens (tertiary/aromatic N) is 3. The molecule has 28 heavy (non-hydrogen) atoms. The lowest BCUT2D eigenvalue weighted by Gasteiger charge is -2.31. The van der Waals surface area contributed by atoms with Gasteiger partial charge in [0.05, 0.1) is 0 Å². The second-order valence-corrected chi connectivity index (χ2v) is 7.16. The Balaban J connectivity index is 2.27. The molecule has 148 valence electrons. The molecule has 0 spiro atoms. The molecule has 1 N–H and O–H groups in total. The Morgan fingerprint density at radius 3 is 2.50 bits per heavy atom. The summed E-state index contributed by atoms with van der Waals surface area (Å²) in [5.41, 5.74) is 2.54. The predicted molar refractivity (Wildman–Crippen MR) is 96.3 cm³/mol. The smallest absolute Gasteiger partial charge is 0.406 e. The first-order chi connectivity index (χ1) is 13.0. The summed E-state index contributed by atoms with van der Waals surface area (Å²) < 4.78 is 41.0. The summed E-state index contributed by atoms with van der Waals surface area (Å²) in [6, 6.07) is 11.5. The van der Waals surface area contributed by atoms with Crippen LogP contribution in [0.2, 0.25) is 0 Å². The zero-order valence-corrected chi connectivity index (χ0v) is 15.5. The van der Waals surface area contributed by atoms with E-state index in [0.29, 0.717) is 12.4 Å². The van der Waals surface area contributed by atoms with E-state index in [4.69, 9.17) is 5.26 Å². The highest BCUT2D eigenvalue weighted by Crippen LogP contribution is 2.24. The predicted octanol–water partition coefficient (Wildman–Crippen LogP) is 4.05. The number of amides is 1. The Bertz CT molecular complexity index is 886. The highest BCUT2D eigenvalue weighted by Gasteiger charge is 2.31. The topological polar surface area (TPSA) is 78.3 Å². The fourth-order valence-electron chi connectivity index (χ4n) is 2.31. The SMILES string of the molecule is CC(C)(C)CN(NC(=O)c1cccc(OC(F)(F)F)c1)c1cccc(C#N)n1. The maximum atomic E-state index is 12.6. The van der Waals surface area contributed by atoms with Crippen LogP contribution in [0, 0.1) is 16.7 Å². The van der Waals surface area contributed by atoms with Gasteiger partial charge in [0.2, 0.25) is 0 Å². The number of hydrogen-bond acceptors (Lipinski definition) is 5. The van der Waals surface area contributed by atoms with Gasteiger partial charge in [-0.3, -0.25) is 15.2 Å². The molecule has 1 amide bonds. The van der Waals surface area contributed by atoms with E-state index in [2.05, 4.69) is 15.1 Å². The van der Waals surface area contributed by atoms with Crippen molar-refractivity contribution in [2.45, 2.75) is 27.1 Å². The lowest BCUT2D eigenvalue weighted by molar-refractivity contribution is -0.274. The van der Waals surface area contributed by atoms with Gasteiger partial charge < -0.3 is 4.74 Å². The van der Waals surface area contributed by atoms with Crippen LogP contribution < -0.4 is 15.2 Å². The number of ether oxygens (including phenoxy) is 1. The molecule has 0 fully saturated rings. The van der Waals surface area contributed by atoms with Gasteiger partial charge >= 0.3 is 6.36 Å². The summed E-state index contributed by atoms with van der Waals surface area (Å²) in [5, 5.41) is 10.5. The van der Waals surface area contributed by atoms with Crippen molar-refractivity contribution in [1.29, 1.82) is 5.26 Å². The average molecular weight is 392 g/mol. The molecule has 0 saturated carbocycles. The summed E-state index contributed by atoms with van der Waals surface area (Å²) in [5.74, 6) is -0.793. The Morgan fingerprint density at radius 1 is 1.21 bits per heavy atom. The van der Waals surface area contributed by atoms with Gasteiger partial charge in [-0.25, -0.2) is 4.98 Å². The number of aromatic nitrogens is 1. The van der Waals surface area contributed by atoms with Crippen molar-refractivity contribution in [3.8, 4) is 11.8 Å². The monoisotopic (exact) mass is 392 g/mol. The third-order valence-corrected chi connectivity index (χ3v) is 3.32. The summed E-state index contributed by atoms with van der Waals surface area (Å²) in [6.07, 6.45) is -4.85. The molecule has 0 saturated heterocycles. The first kappa shape index (κ1) is 21.0. The number of rotatable bonds is 5. The van der Waals surface area contributed by atoms with Gasteiger partial charge in [0.25, 0.3) is 5.91 Å². The van der Waals surface area contributed by atoms with Gasteiger partial charge in [-0.15, -0.1) is 13.2 Å². The van der Waals surface area contributed by atoms with Crippen LogP contribution in [0.4, 0.5) is 19.0 Å². The lowest BCUT2D eigenvalue weighted by atomic mass is 9.96. The number of anilines is 1. The van der Waals surface area contributed by atoms with Crippen molar-refractivity contribution in [1.82, 2.24) is 10.4 Å². The largest absolute Gasteiger partial charge is 0.573 e. The molecular formula is C19H19F3N4O2. The summed E-state index contributed by atoms with van der Waals surface area (Å²) >= 11 is 0. The van der Waals surface area contributed by atoms with E-state index in [1.807, 2.05) is 26.8 Å². The minimum absolute atomic E-state index is 0.0166. The van der Waals surface area contributed by atoms with Crippen molar-refractivity contribution in [3.05, 3.63) is 53.7 Å². The van der Waals surface area contributed by atoms with Crippen molar-refractivity contribution in [3.63, 3.8) is 0 Å². The van der Waals surface area contributed by atoms with Gasteiger partial charge in [0.15, 0.2) is 0 Å². The molecular weight excluding hydrogens is 373 g/mol. The van der Waals surface area contributed by atoms with Gasteiger partial charge in [-0.2, -0.15) is 5.26 Å². The number of pyridine rings is 1. The Morgan fingerprint density at radius 2 is 1.89 bits per heavy atom. The zero-order chi connectivity index (χ0) is 20.9. The number of halogens is 3.